The number of aryl methyl sites for hydroxylation is 2. The number of amides is 2. The molecule has 30 heavy (non-hydrogen) atoms. The van der Waals surface area contributed by atoms with Gasteiger partial charge >= 0.3 is 0 Å². The van der Waals surface area contributed by atoms with E-state index >= 15 is 0 Å². The van der Waals surface area contributed by atoms with Crippen molar-refractivity contribution in [3.05, 3.63) is 83.7 Å². The molecule has 2 heterocycles. The van der Waals surface area contributed by atoms with Gasteiger partial charge in [-0.15, -0.1) is 0 Å². The van der Waals surface area contributed by atoms with Crippen LogP contribution in [0.5, 0.6) is 0 Å². The third-order valence-electron chi connectivity index (χ3n) is 6.29. The predicted octanol–water partition coefficient (Wildman–Crippen LogP) is 4.33. The highest BCUT2D eigenvalue weighted by molar-refractivity contribution is 6.03. The summed E-state index contributed by atoms with van der Waals surface area (Å²) < 4.78 is 2.22. The molecule has 4 heteroatoms. The number of hydrogen-bond acceptors (Lipinski definition) is 2. The highest BCUT2D eigenvalue weighted by Crippen LogP contribution is 2.36. The van der Waals surface area contributed by atoms with Crippen LogP contribution >= 0.6 is 0 Å². The maximum Gasteiger partial charge on any atom is 0.237 e. The van der Waals surface area contributed by atoms with Crippen LogP contribution in [0, 0.1) is 13.8 Å². The Kier molecular flexibility index (Phi) is 5.25. The number of aromatic nitrogens is 1. The molecule has 1 fully saturated rings. The number of pyridine rings is 1. The van der Waals surface area contributed by atoms with E-state index in [9.17, 15) is 9.59 Å². The maximum absolute atomic E-state index is 12.7. The van der Waals surface area contributed by atoms with Crippen molar-refractivity contribution in [3.8, 4) is 16.8 Å². The Balaban J connectivity index is 1.69. The number of rotatable bonds is 4. The van der Waals surface area contributed by atoms with E-state index in [0.717, 1.165) is 22.6 Å². The van der Waals surface area contributed by atoms with E-state index in [0.29, 0.717) is 19.3 Å². The molecule has 0 bridgehead atoms. The Morgan fingerprint density at radius 1 is 0.900 bits per heavy atom. The molecule has 4 rings (SSSR count). The number of nitrogens with zero attached hydrogens (tertiary/aromatic N) is 1. The van der Waals surface area contributed by atoms with Crippen LogP contribution in [0.25, 0.3) is 16.8 Å². The van der Waals surface area contributed by atoms with Gasteiger partial charge < -0.3 is 0 Å². The molecule has 0 spiro atoms. The van der Waals surface area contributed by atoms with E-state index in [-0.39, 0.29) is 11.8 Å². The number of imide groups is 1. The first-order valence-electron chi connectivity index (χ1n) is 10.5. The second kappa shape index (κ2) is 7.86. The molecule has 2 amide bonds. The number of carbonyl (C=O) groups is 2. The zero-order valence-corrected chi connectivity index (χ0v) is 17.7. The minimum atomic E-state index is -0.627. The summed E-state index contributed by atoms with van der Waals surface area (Å²) >= 11 is 0. The molecule has 0 aliphatic carbocycles. The summed E-state index contributed by atoms with van der Waals surface area (Å²) in [6.07, 6.45) is 1.61. The van der Waals surface area contributed by atoms with Crippen molar-refractivity contribution >= 4 is 11.8 Å². The van der Waals surface area contributed by atoms with Crippen molar-refractivity contribution in [3.63, 3.8) is 0 Å². The molecule has 152 valence electrons. The number of nitrogens with one attached hydrogen (secondary N) is 1. The molecular weight excluding hydrogens is 372 g/mol. The monoisotopic (exact) mass is 399 g/mol. The summed E-state index contributed by atoms with van der Waals surface area (Å²) in [4.78, 5) is 24.3. The van der Waals surface area contributed by atoms with Gasteiger partial charge in [0.1, 0.15) is 0 Å². The molecule has 1 atom stereocenters. The maximum atomic E-state index is 12.7. The van der Waals surface area contributed by atoms with Crippen molar-refractivity contribution in [1.82, 2.24) is 5.32 Å². The lowest BCUT2D eigenvalue weighted by atomic mass is 9.72. The Morgan fingerprint density at radius 2 is 1.53 bits per heavy atom. The molecule has 1 aliphatic heterocycles. The average Bonchev–Trinajstić information content (AvgIpc) is 2.75. The zero-order valence-electron chi connectivity index (χ0n) is 17.7. The Morgan fingerprint density at radius 3 is 2.10 bits per heavy atom. The highest BCUT2D eigenvalue weighted by atomic mass is 16.2. The van der Waals surface area contributed by atoms with Crippen LogP contribution in [0.15, 0.2) is 66.7 Å². The van der Waals surface area contributed by atoms with Crippen LogP contribution in [0.4, 0.5) is 0 Å². The number of hydrogen-bond donors (Lipinski definition) is 1. The topological polar surface area (TPSA) is 50.0 Å². The van der Waals surface area contributed by atoms with Gasteiger partial charge in [-0.1, -0.05) is 49.4 Å². The zero-order chi connectivity index (χ0) is 21.3. The minimum Gasteiger partial charge on any atom is -0.296 e. The van der Waals surface area contributed by atoms with E-state index in [1.165, 1.54) is 11.1 Å². The normalized spacial score (nSPS) is 18.9. The summed E-state index contributed by atoms with van der Waals surface area (Å²) in [7, 11) is 0. The summed E-state index contributed by atoms with van der Waals surface area (Å²) in [5.41, 5.74) is 6.10. The Hall–Kier alpha value is -3.27. The van der Waals surface area contributed by atoms with Crippen LogP contribution in [0.2, 0.25) is 0 Å². The van der Waals surface area contributed by atoms with Crippen molar-refractivity contribution in [2.75, 3.05) is 0 Å². The lowest BCUT2D eigenvalue weighted by molar-refractivity contribution is -0.609. The third kappa shape index (κ3) is 3.43. The van der Waals surface area contributed by atoms with E-state index in [1.807, 2.05) is 25.1 Å². The van der Waals surface area contributed by atoms with Gasteiger partial charge in [0.05, 0.1) is 5.41 Å². The highest BCUT2D eigenvalue weighted by Gasteiger charge is 2.42. The molecule has 1 N–H and O–H groups in total. The first-order valence-corrected chi connectivity index (χ1v) is 10.5. The van der Waals surface area contributed by atoms with Crippen molar-refractivity contribution < 1.29 is 14.2 Å². The van der Waals surface area contributed by atoms with Crippen molar-refractivity contribution in [1.29, 1.82) is 0 Å². The summed E-state index contributed by atoms with van der Waals surface area (Å²) in [5, 5.41) is 2.52. The molecular formula is C26H27N2O2+. The van der Waals surface area contributed by atoms with Gasteiger partial charge in [0.25, 0.3) is 0 Å². The van der Waals surface area contributed by atoms with Crippen LogP contribution < -0.4 is 9.88 Å². The lowest BCUT2D eigenvalue weighted by Gasteiger charge is -2.34. The molecule has 0 radical (unpaired) electrons. The van der Waals surface area contributed by atoms with Crippen LogP contribution in [-0.4, -0.2) is 11.8 Å². The van der Waals surface area contributed by atoms with Gasteiger partial charge in [-0.05, 0) is 29.5 Å². The second-order valence-corrected chi connectivity index (χ2v) is 8.09. The Bertz CT molecular complexity index is 1080. The van der Waals surface area contributed by atoms with Gasteiger partial charge in [-0.25, -0.2) is 0 Å². The summed E-state index contributed by atoms with van der Waals surface area (Å²) in [5.74, 6) is -0.359. The smallest absolute Gasteiger partial charge is 0.237 e. The van der Waals surface area contributed by atoms with Gasteiger partial charge in [0, 0.05) is 44.5 Å². The molecule has 1 aliphatic rings. The van der Waals surface area contributed by atoms with Crippen LogP contribution in [-0.2, 0) is 15.0 Å². The fourth-order valence-corrected chi connectivity index (χ4v) is 4.60. The average molecular weight is 400 g/mol. The van der Waals surface area contributed by atoms with Gasteiger partial charge in [-0.2, -0.15) is 4.57 Å². The molecule has 1 saturated heterocycles. The standard InChI is InChI=1S/C26H26N2O2/c1-4-26(15-14-24(29)27-25(26)30)22-10-12-23(13-11-22)28-18(2)16-21(17-19(28)3)20-8-6-5-7-9-20/h5-13,16-17H,4,14-15H2,1-3H3/p+1/t26-/m1/s1. The molecule has 3 aromatic rings. The van der Waals surface area contributed by atoms with E-state index in [1.54, 1.807) is 0 Å². The molecule has 0 saturated carbocycles. The number of carbonyl (C=O) groups excluding carboxylic acids is 2. The number of benzene rings is 2. The van der Waals surface area contributed by atoms with Gasteiger partial charge in [-0.3, -0.25) is 14.9 Å². The van der Waals surface area contributed by atoms with E-state index < -0.39 is 5.41 Å². The first kappa shape index (κ1) is 20.0. The summed E-state index contributed by atoms with van der Waals surface area (Å²) in [6.45, 7) is 6.23. The predicted molar refractivity (Wildman–Crippen MR) is 117 cm³/mol. The van der Waals surface area contributed by atoms with Crippen molar-refractivity contribution in [2.45, 2.75) is 45.4 Å². The fraction of sp³-hybridized carbons (Fsp3) is 0.269. The second-order valence-electron chi connectivity index (χ2n) is 8.09. The molecule has 0 unspecified atom stereocenters. The Labute approximate surface area is 177 Å². The van der Waals surface area contributed by atoms with Crippen LogP contribution in [0.3, 0.4) is 0 Å². The van der Waals surface area contributed by atoms with E-state index in [4.69, 9.17) is 0 Å². The first-order chi connectivity index (χ1) is 14.4. The fourth-order valence-electron chi connectivity index (χ4n) is 4.60. The van der Waals surface area contributed by atoms with Gasteiger partial charge in [0.2, 0.25) is 17.5 Å². The van der Waals surface area contributed by atoms with Crippen LogP contribution in [0.1, 0.15) is 43.1 Å². The lowest BCUT2D eigenvalue weighted by Crippen LogP contribution is -2.51. The molecule has 2 aromatic carbocycles. The molecule has 4 nitrogen and oxygen atoms in total. The van der Waals surface area contributed by atoms with Crippen molar-refractivity contribution in [2.24, 2.45) is 0 Å². The molecule has 1 aromatic heterocycles. The van der Waals surface area contributed by atoms with E-state index in [2.05, 4.69) is 72.3 Å². The largest absolute Gasteiger partial charge is 0.296 e. The minimum absolute atomic E-state index is 0.179. The third-order valence-corrected chi connectivity index (χ3v) is 6.29. The number of piperidine rings is 1. The quantitative estimate of drug-likeness (QED) is 0.524. The summed E-state index contributed by atoms with van der Waals surface area (Å²) in [6, 6.07) is 23.0. The van der Waals surface area contributed by atoms with Gasteiger partial charge in [0.15, 0.2) is 11.4 Å². The SMILES string of the molecule is CC[C@]1(c2ccc(-[n+]3c(C)cc(-c4ccccc4)cc3C)cc2)CCC(=O)NC1=O.